The fourth-order valence-corrected chi connectivity index (χ4v) is 16.5. The molecule has 10 heterocycles. The van der Waals surface area contributed by atoms with Crippen molar-refractivity contribution < 1.29 is 32.5 Å². The first-order valence-corrected chi connectivity index (χ1v) is 34.4. The summed E-state index contributed by atoms with van der Waals surface area (Å²) >= 11 is 4.43. The van der Waals surface area contributed by atoms with Crippen LogP contribution in [0.25, 0.3) is 41.3 Å². The number of nitrogens with one attached hydrogen (secondary N) is 1. The number of likely N-dealkylation sites (tertiary alicyclic amines) is 1. The normalized spacial score (nSPS) is 16.5. The number of thioether (sulfide) groups is 1. The maximum Gasteiger partial charge on any atom is 0.332 e. The van der Waals surface area contributed by atoms with Gasteiger partial charge in [-0.2, -0.15) is 21.4 Å². The summed E-state index contributed by atoms with van der Waals surface area (Å²) in [6.45, 7) is 9.59. The highest BCUT2D eigenvalue weighted by atomic mass is 35.5. The number of fused-ring (bicyclic) bond motifs is 5. The zero-order valence-corrected chi connectivity index (χ0v) is 56.8. The number of halogens is 3. The molecule has 3 fully saturated rings. The van der Waals surface area contributed by atoms with E-state index < -0.39 is 34.6 Å². The summed E-state index contributed by atoms with van der Waals surface area (Å²) in [6, 6.07) is 23.3. The molecule has 3 saturated heterocycles. The topological polar surface area (TPSA) is 257 Å². The molecule has 0 spiro atoms. The SMILES string of the molecule is CCOc1cc2c(cc1OC)C(c1ccc(C(=O)N3CCC(n4c(=O)c5sc(-c6ccc(F)cc6OC)cc5n(Cc5nnn(CC)n5)c4=O)CC3)cc1)=N[C@@H]1CCSC[C@H]21.CCn1nnc(Cn2c(=O)n(C3CCNCC3)c(=O)c3sc(-c4ccc(F)cc4OC)cc32)n1.Cl. The number of aryl methyl sites for hydroxylation is 2. The number of methoxy groups -OCH3 is 3. The number of amides is 1. The largest absolute Gasteiger partial charge is 0.496 e. The molecular weight excluding hydrogens is 1320 g/mol. The number of tetrazole rings is 2. The predicted octanol–water partition coefficient (Wildman–Crippen LogP) is 8.86. The van der Waals surface area contributed by atoms with Crippen LogP contribution < -0.4 is 46.8 Å². The predicted molar refractivity (Wildman–Crippen MR) is 367 cm³/mol. The molecule has 0 unspecified atom stereocenters. The molecule has 4 aliphatic heterocycles. The molecule has 502 valence electrons. The third-order valence-electron chi connectivity index (χ3n) is 17.8. The number of carbonyl (C=O) groups excluding carboxylic acids is 1. The second-order valence-corrected chi connectivity index (χ2v) is 26.6. The third-order valence-corrected chi connectivity index (χ3v) is 21.2. The number of ether oxygens (including phenoxy) is 4. The average Bonchev–Trinajstić information content (AvgIpc) is 1.40. The fourth-order valence-electron chi connectivity index (χ4n) is 13.0. The lowest BCUT2D eigenvalue weighted by Crippen LogP contribution is -2.46. The minimum Gasteiger partial charge on any atom is -0.496 e. The van der Waals surface area contributed by atoms with Crippen LogP contribution in [-0.2, 0) is 26.2 Å². The molecule has 4 aromatic carbocycles. The molecule has 0 aliphatic carbocycles. The van der Waals surface area contributed by atoms with Gasteiger partial charge in [0, 0.05) is 86.5 Å². The van der Waals surface area contributed by atoms with Gasteiger partial charge in [0.15, 0.2) is 23.1 Å². The highest BCUT2D eigenvalue weighted by Crippen LogP contribution is 2.45. The van der Waals surface area contributed by atoms with Gasteiger partial charge in [0.05, 0.1) is 76.9 Å². The number of hydrogen-bond acceptors (Lipinski definition) is 20. The smallest absolute Gasteiger partial charge is 0.332 e. The molecule has 6 aromatic heterocycles. The van der Waals surface area contributed by atoms with Gasteiger partial charge in [-0.1, -0.05) is 12.1 Å². The van der Waals surface area contributed by atoms with E-state index >= 15 is 0 Å². The number of piperidine rings is 2. The van der Waals surface area contributed by atoms with E-state index in [1.807, 2.05) is 62.9 Å². The Hall–Kier alpha value is -8.90. The molecule has 0 bridgehead atoms. The molecular formula is C66H70ClF2N15O9S3. The fraction of sp³-hybridized carbons (Fsp3) is 0.394. The van der Waals surface area contributed by atoms with Gasteiger partial charge in [0.25, 0.3) is 17.0 Å². The van der Waals surface area contributed by atoms with Crippen molar-refractivity contribution in [2.75, 3.05) is 65.6 Å². The lowest BCUT2D eigenvalue weighted by Gasteiger charge is -2.35. The molecule has 1 N–H and O–H groups in total. The number of aromatic nitrogens is 12. The zero-order chi connectivity index (χ0) is 66.2. The van der Waals surface area contributed by atoms with Crippen molar-refractivity contribution in [3.05, 3.63) is 172 Å². The first-order chi connectivity index (χ1) is 46.2. The van der Waals surface area contributed by atoms with Gasteiger partial charge in [-0.25, -0.2) is 18.4 Å². The summed E-state index contributed by atoms with van der Waals surface area (Å²) in [5, 5.41) is 28.2. The third kappa shape index (κ3) is 13.0. The van der Waals surface area contributed by atoms with Crippen LogP contribution in [0.3, 0.4) is 0 Å². The Morgan fingerprint density at radius 1 is 0.625 bits per heavy atom. The van der Waals surface area contributed by atoms with Crippen molar-refractivity contribution in [1.82, 2.24) is 68.9 Å². The number of thiophene rings is 2. The summed E-state index contributed by atoms with van der Waals surface area (Å²) in [6.07, 6.45) is 3.18. The Balaban J connectivity index is 0.000000213. The second-order valence-electron chi connectivity index (χ2n) is 23.3. The van der Waals surface area contributed by atoms with Gasteiger partial charge in [-0.15, -0.1) is 55.5 Å². The standard InChI is InChI=1S/C44H45FN8O6S2.C22H24FN7O3S.ClH/c1-5-52-48-39(47-49-52)23-51-34-22-38(29-12-11-27(45)19-35(29)57-3)61-41(34)43(55)53(44(51)56)28-13-16-50(17-14-28)42(54)26-9-7-25(8-10-26)40-31-21-36(58-4)37(59-6-2)20-30(31)32-24-60-18-15-33(32)46-40;1-3-29-26-19(25-27-29)12-28-16-11-18(15-5-4-13(23)10-17(15)33-2)34-20(16)21(31)30(22(28)32)14-6-8-24-9-7-14;/h7-12,19-22,28,32-33H,5-6,13-18,23-24H2,1-4H3;4-5,10-11,14,24H,3,6-9,12H2,1-2H3;1H/t32-,33-;;/m1../s1. The van der Waals surface area contributed by atoms with Crippen molar-refractivity contribution in [3.8, 4) is 43.9 Å². The van der Waals surface area contributed by atoms with Crippen LogP contribution in [0.15, 0.2) is 109 Å². The number of hydrogen-bond donors (Lipinski definition) is 1. The molecule has 96 heavy (non-hydrogen) atoms. The first-order valence-electron chi connectivity index (χ1n) is 31.6. The Kier molecular flexibility index (Phi) is 20.1. The van der Waals surface area contributed by atoms with Crippen molar-refractivity contribution in [2.24, 2.45) is 4.99 Å². The molecule has 4 aliphatic rings. The quantitative estimate of drug-likeness (QED) is 0.0892. The molecule has 0 radical (unpaired) electrons. The van der Waals surface area contributed by atoms with E-state index in [0.29, 0.717) is 140 Å². The second kappa shape index (κ2) is 28.8. The van der Waals surface area contributed by atoms with Gasteiger partial charge in [0.2, 0.25) is 0 Å². The Morgan fingerprint density at radius 2 is 1.16 bits per heavy atom. The van der Waals surface area contributed by atoms with Gasteiger partial charge in [-0.05, 0) is 148 Å². The number of nitrogens with zero attached hydrogens (tertiary/aromatic N) is 14. The molecule has 24 nitrogen and oxygen atoms in total. The van der Waals surface area contributed by atoms with E-state index in [-0.39, 0.29) is 49.0 Å². The van der Waals surface area contributed by atoms with Crippen LogP contribution in [-0.4, -0.2) is 147 Å². The van der Waals surface area contributed by atoms with E-state index in [9.17, 15) is 32.8 Å². The number of aliphatic imine (C=N–C) groups is 1. The average molecular weight is 1390 g/mol. The minimum atomic E-state index is -0.502. The van der Waals surface area contributed by atoms with Crippen LogP contribution in [0.2, 0.25) is 0 Å². The summed E-state index contributed by atoms with van der Waals surface area (Å²) < 4.78 is 57.0. The van der Waals surface area contributed by atoms with Crippen LogP contribution in [0.5, 0.6) is 23.0 Å². The van der Waals surface area contributed by atoms with Gasteiger partial charge >= 0.3 is 11.4 Å². The van der Waals surface area contributed by atoms with Crippen molar-refractivity contribution in [1.29, 1.82) is 0 Å². The van der Waals surface area contributed by atoms with Crippen LogP contribution in [0.4, 0.5) is 8.78 Å². The van der Waals surface area contributed by atoms with E-state index in [1.165, 1.54) is 94.6 Å². The molecule has 1 amide bonds. The van der Waals surface area contributed by atoms with Crippen molar-refractivity contribution in [2.45, 2.75) is 103 Å². The van der Waals surface area contributed by atoms with Crippen molar-refractivity contribution in [3.63, 3.8) is 0 Å². The van der Waals surface area contributed by atoms with Crippen LogP contribution in [0.1, 0.15) is 110 Å². The van der Waals surface area contributed by atoms with Gasteiger partial charge < -0.3 is 29.2 Å². The van der Waals surface area contributed by atoms with Gasteiger partial charge in [-0.3, -0.25) is 37.6 Å². The molecule has 0 saturated carbocycles. The van der Waals surface area contributed by atoms with E-state index in [2.05, 4.69) is 42.2 Å². The van der Waals surface area contributed by atoms with Crippen molar-refractivity contribution >= 4 is 78.9 Å². The van der Waals surface area contributed by atoms with E-state index in [1.54, 1.807) is 36.3 Å². The maximum absolute atomic E-state index is 14.4. The summed E-state index contributed by atoms with van der Waals surface area (Å²) in [5.74, 6) is 4.12. The maximum atomic E-state index is 14.4. The zero-order valence-electron chi connectivity index (χ0n) is 53.5. The summed E-state index contributed by atoms with van der Waals surface area (Å²) in [7, 11) is 4.57. The minimum absolute atomic E-state index is 0. The summed E-state index contributed by atoms with van der Waals surface area (Å²) in [4.78, 5) is 81.2. The van der Waals surface area contributed by atoms with Crippen LogP contribution >= 0.6 is 46.8 Å². The number of rotatable bonds is 17. The lowest BCUT2D eigenvalue weighted by molar-refractivity contribution is 0.0691. The molecule has 14 rings (SSSR count). The highest BCUT2D eigenvalue weighted by molar-refractivity contribution is 7.99. The van der Waals surface area contributed by atoms with E-state index in [0.717, 1.165) is 53.6 Å². The summed E-state index contributed by atoms with van der Waals surface area (Å²) in [5.41, 5.74) is 5.10. The number of carbonyl (C=O) groups is 1. The number of benzene rings is 4. The molecule has 2 atom stereocenters. The monoisotopic (exact) mass is 1390 g/mol. The Morgan fingerprint density at radius 3 is 1.66 bits per heavy atom. The van der Waals surface area contributed by atoms with E-state index in [4.69, 9.17) is 23.9 Å². The highest BCUT2D eigenvalue weighted by Gasteiger charge is 2.36. The molecule has 30 heteroatoms. The Bertz CT molecular complexity index is 4830. The van der Waals surface area contributed by atoms with Gasteiger partial charge in [0.1, 0.15) is 32.5 Å². The van der Waals surface area contributed by atoms with Crippen LogP contribution in [0, 0.1) is 11.6 Å². The molecule has 10 aromatic rings. The first kappa shape index (κ1) is 67.1. The Labute approximate surface area is 566 Å². The lowest BCUT2D eigenvalue weighted by atomic mass is 9.81.